The number of aryl methyl sites for hydroxylation is 1. The van der Waals surface area contributed by atoms with E-state index in [9.17, 15) is 0 Å². The number of unbranched alkanes of at least 4 members (excludes halogenated alkanes) is 1. The maximum Gasteiger partial charge on any atom is 0.161 e. The molecule has 0 aromatic carbocycles. The monoisotopic (exact) mass is 243 g/mol. The van der Waals surface area contributed by atoms with Crippen molar-refractivity contribution in [3.05, 3.63) is 5.82 Å². The van der Waals surface area contributed by atoms with Crippen LogP contribution >= 0.6 is 11.8 Å². The van der Waals surface area contributed by atoms with Gasteiger partial charge in [0.1, 0.15) is 0 Å². The van der Waals surface area contributed by atoms with E-state index >= 15 is 0 Å². The fourth-order valence-corrected chi connectivity index (χ4v) is 2.23. The molecular weight excluding hydrogens is 222 g/mol. The van der Waals surface area contributed by atoms with Crippen LogP contribution in [0.25, 0.3) is 0 Å². The molecular formula is C10H21N5S. The molecule has 0 aliphatic heterocycles. The summed E-state index contributed by atoms with van der Waals surface area (Å²) in [7, 11) is 0. The number of nitrogens with zero attached hydrogens (tertiary/aromatic N) is 4. The van der Waals surface area contributed by atoms with E-state index in [1.165, 1.54) is 0 Å². The van der Waals surface area contributed by atoms with Gasteiger partial charge in [0.15, 0.2) is 5.82 Å². The molecule has 6 heteroatoms. The summed E-state index contributed by atoms with van der Waals surface area (Å²) >= 11 is 1.78. The summed E-state index contributed by atoms with van der Waals surface area (Å²) in [6.07, 6.45) is 2.27. The van der Waals surface area contributed by atoms with Crippen molar-refractivity contribution in [1.29, 1.82) is 0 Å². The van der Waals surface area contributed by atoms with Crippen LogP contribution in [0.1, 0.15) is 39.4 Å². The van der Waals surface area contributed by atoms with Gasteiger partial charge in [-0.25, -0.2) is 4.68 Å². The fraction of sp³-hybridized carbons (Fsp3) is 0.900. The summed E-state index contributed by atoms with van der Waals surface area (Å²) in [4.78, 5) is 0. The highest BCUT2D eigenvalue weighted by molar-refractivity contribution is 7.98. The topological polar surface area (TPSA) is 69.6 Å². The van der Waals surface area contributed by atoms with Crippen molar-refractivity contribution < 1.29 is 0 Å². The van der Waals surface area contributed by atoms with E-state index in [4.69, 9.17) is 5.73 Å². The van der Waals surface area contributed by atoms with Gasteiger partial charge < -0.3 is 5.73 Å². The Morgan fingerprint density at radius 2 is 2.19 bits per heavy atom. The number of hydrogen-bond donors (Lipinski definition) is 1. The first-order chi connectivity index (χ1) is 7.53. The summed E-state index contributed by atoms with van der Waals surface area (Å²) in [6, 6.07) is 0. The Labute approximate surface area is 101 Å². The molecule has 1 rings (SSSR count). The minimum atomic E-state index is -0.133. The number of thioether (sulfide) groups is 1. The van der Waals surface area contributed by atoms with Crippen LogP contribution in [0.2, 0.25) is 0 Å². The van der Waals surface area contributed by atoms with E-state index in [0.717, 1.165) is 36.7 Å². The Morgan fingerprint density at radius 3 is 2.81 bits per heavy atom. The summed E-state index contributed by atoms with van der Waals surface area (Å²) in [6.45, 7) is 7.13. The van der Waals surface area contributed by atoms with E-state index in [0.29, 0.717) is 0 Å². The first kappa shape index (κ1) is 13.4. The zero-order valence-corrected chi connectivity index (χ0v) is 11.1. The maximum atomic E-state index is 5.91. The maximum absolute atomic E-state index is 5.91. The van der Waals surface area contributed by atoms with Crippen molar-refractivity contribution >= 4 is 11.8 Å². The predicted octanol–water partition coefficient (Wildman–Crippen LogP) is 1.44. The van der Waals surface area contributed by atoms with Crippen molar-refractivity contribution in [3.63, 3.8) is 0 Å². The minimum absolute atomic E-state index is 0.133. The van der Waals surface area contributed by atoms with Crippen LogP contribution in [0.4, 0.5) is 0 Å². The standard InChI is InChI=1S/C10H21N5S/c1-4-5-6-15-9(12-13-14-15)7-16-8-10(2,3)11/h4-8,11H2,1-3H3. The van der Waals surface area contributed by atoms with Crippen molar-refractivity contribution in [3.8, 4) is 0 Å². The van der Waals surface area contributed by atoms with Crippen LogP contribution in [0, 0.1) is 0 Å². The van der Waals surface area contributed by atoms with Crippen molar-refractivity contribution in [2.75, 3.05) is 5.75 Å². The molecule has 2 N–H and O–H groups in total. The van der Waals surface area contributed by atoms with E-state index < -0.39 is 0 Å². The first-order valence-electron chi connectivity index (χ1n) is 5.64. The minimum Gasteiger partial charge on any atom is -0.325 e. The molecule has 0 saturated carbocycles. The lowest BCUT2D eigenvalue weighted by Gasteiger charge is -2.17. The highest BCUT2D eigenvalue weighted by atomic mass is 32.2. The van der Waals surface area contributed by atoms with Crippen molar-refractivity contribution in [2.24, 2.45) is 5.73 Å². The molecule has 0 spiro atoms. The van der Waals surface area contributed by atoms with Gasteiger partial charge in [-0.1, -0.05) is 13.3 Å². The molecule has 0 bridgehead atoms. The Morgan fingerprint density at radius 1 is 1.44 bits per heavy atom. The Hall–Kier alpha value is -0.620. The summed E-state index contributed by atoms with van der Waals surface area (Å²) in [5.74, 6) is 2.69. The number of hydrogen-bond acceptors (Lipinski definition) is 5. The molecule has 0 fully saturated rings. The van der Waals surface area contributed by atoms with Crippen LogP contribution < -0.4 is 5.73 Å². The molecule has 0 radical (unpaired) electrons. The van der Waals surface area contributed by atoms with Gasteiger partial charge in [0, 0.05) is 17.8 Å². The highest BCUT2D eigenvalue weighted by Gasteiger charge is 2.12. The van der Waals surface area contributed by atoms with Gasteiger partial charge in [-0.05, 0) is 30.7 Å². The van der Waals surface area contributed by atoms with Crippen LogP contribution in [-0.4, -0.2) is 31.5 Å². The SMILES string of the molecule is CCCCn1nnnc1CSCC(C)(C)N. The third kappa shape index (κ3) is 4.94. The number of rotatable bonds is 7. The molecule has 16 heavy (non-hydrogen) atoms. The number of nitrogens with two attached hydrogens (primary N) is 1. The lowest BCUT2D eigenvalue weighted by Crippen LogP contribution is -2.34. The second kappa shape index (κ2) is 6.20. The van der Waals surface area contributed by atoms with E-state index in [1.807, 2.05) is 18.5 Å². The molecule has 1 heterocycles. The van der Waals surface area contributed by atoms with Gasteiger partial charge in [-0.2, -0.15) is 11.8 Å². The molecule has 0 aliphatic carbocycles. The average Bonchev–Trinajstić information content (AvgIpc) is 2.60. The lowest BCUT2D eigenvalue weighted by molar-refractivity contribution is 0.540. The van der Waals surface area contributed by atoms with Crippen LogP contribution in [-0.2, 0) is 12.3 Å². The molecule has 92 valence electrons. The summed E-state index contributed by atoms with van der Waals surface area (Å²) < 4.78 is 1.89. The van der Waals surface area contributed by atoms with E-state index in [2.05, 4.69) is 22.4 Å². The van der Waals surface area contributed by atoms with Gasteiger partial charge in [-0.3, -0.25) is 0 Å². The molecule has 1 aromatic heterocycles. The molecule has 0 saturated heterocycles. The average molecular weight is 243 g/mol. The van der Waals surface area contributed by atoms with Gasteiger partial charge in [0.25, 0.3) is 0 Å². The van der Waals surface area contributed by atoms with Gasteiger partial charge in [0.2, 0.25) is 0 Å². The molecule has 0 aliphatic rings. The van der Waals surface area contributed by atoms with Crippen molar-refractivity contribution in [1.82, 2.24) is 20.2 Å². The van der Waals surface area contributed by atoms with Crippen LogP contribution in [0.15, 0.2) is 0 Å². The van der Waals surface area contributed by atoms with Crippen molar-refractivity contribution in [2.45, 2.75) is 51.4 Å². The molecule has 0 unspecified atom stereocenters. The van der Waals surface area contributed by atoms with Crippen LogP contribution in [0.5, 0.6) is 0 Å². The third-order valence-corrected chi connectivity index (χ3v) is 3.45. The Kier molecular flexibility index (Phi) is 5.21. The van der Waals surface area contributed by atoms with Crippen LogP contribution in [0.3, 0.4) is 0 Å². The summed E-state index contributed by atoms with van der Waals surface area (Å²) in [5, 5.41) is 11.7. The van der Waals surface area contributed by atoms with Gasteiger partial charge >= 0.3 is 0 Å². The number of aromatic nitrogens is 4. The molecule has 0 amide bonds. The third-order valence-electron chi connectivity index (χ3n) is 2.03. The molecule has 5 nitrogen and oxygen atoms in total. The second-order valence-corrected chi connectivity index (χ2v) is 5.64. The normalized spacial score (nSPS) is 12.0. The Bertz CT molecular complexity index is 304. The quantitative estimate of drug-likeness (QED) is 0.785. The fourth-order valence-electron chi connectivity index (χ4n) is 1.21. The largest absolute Gasteiger partial charge is 0.325 e. The van der Waals surface area contributed by atoms with E-state index in [1.54, 1.807) is 11.8 Å². The molecule has 1 aromatic rings. The molecule has 0 atom stereocenters. The first-order valence-corrected chi connectivity index (χ1v) is 6.80. The lowest BCUT2D eigenvalue weighted by atomic mass is 10.1. The highest BCUT2D eigenvalue weighted by Crippen LogP contribution is 2.14. The Balaban J connectivity index is 2.38. The zero-order valence-electron chi connectivity index (χ0n) is 10.3. The second-order valence-electron chi connectivity index (χ2n) is 4.65. The zero-order chi connectivity index (χ0) is 12.0. The number of tetrazole rings is 1. The van der Waals surface area contributed by atoms with Gasteiger partial charge in [0.05, 0.1) is 5.75 Å². The van der Waals surface area contributed by atoms with Gasteiger partial charge in [-0.15, -0.1) is 5.10 Å². The predicted molar refractivity (Wildman–Crippen MR) is 67.2 cm³/mol. The van der Waals surface area contributed by atoms with E-state index in [-0.39, 0.29) is 5.54 Å². The summed E-state index contributed by atoms with van der Waals surface area (Å²) in [5.41, 5.74) is 5.78. The smallest absolute Gasteiger partial charge is 0.161 e.